The topological polar surface area (TPSA) is 64.2 Å². The smallest absolute Gasteiger partial charge is 0.217 e. The Hall–Kier alpha value is -0.880. The molecule has 112 valence electrons. The van der Waals surface area contributed by atoms with Crippen LogP contribution < -0.4 is 5.73 Å². The lowest BCUT2D eigenvalue weighted by Crippen LogP contribution is -2.35. The average molecular weight is 343 g/mol. The standard InChI is InChI=1S/C14H23BrN4O/c1-3-19-12(14(15)10(2)17-19)9-18-6-4-11(5-7-18)8-13(16)20/h11H,3-9H2,1-2H3,(H2,16,20). The molecule has 0 spiro atoms. The van der Waals surface area contributed by atoms with Crippen molar-refractivity contribution in [3.8, 4) is 0 Å². The largest absolute Gasteiger partial charge is 0.370 e. The fourth-order valence-corrected chi connectivity index (χ4v) is 3.27. The van der Waals surface area contributed by atoms with Crippen molar-refractivity contribution in [2.75, 3.05) is 13.1 Å². The van der Waals surface area contributed by atoms with E-state index in [1.165, 1.54) is 5.69 Å². The Kier molecular flexibility index (Phi) is 5.21. The lowest BCUT2D eigenvalue weighted by molar-refractivity contribution is -0.119. The Morgan fingerprint density at radius 3 is 2.65 bits per heavy atom. The van der Waals surface area contributed by atoms with Gasteiger partial charge in [0.2, 0.25) is 5.91 Å². The normalized spacial score (nSPS) is 17.6. The molecule has 1 aliphatic heterocycles. The molecule has 0 bridgehead atoms. The van der Waals surface area contributed by atoms with E-state index >= 15 is 0 Å². The minimum atomic E-state index is -0.175. The Morgan fingerprint density at radius 1 is 1.45 bits per heavy atom. The van der Waals surface area contributed by atoms with Crippen LogP contribution in [0.1, 0.15) is 37.6 Å². The molecule has 0 atom stereocenters. The molecule has 1 saturated heterocycles. The summed E-state index contributed by atoms with van der Waals surface area (Å²) in [5, 5.41) is 4.53. The summed E-state index contributed by atoms with van der Waals surface area (Å²) in [6, 6.07) is 0. The predicted octanol–water partition coefficient (Wildman–Crippen LogP) is 2.06. The molecule has 1 aromatic rings. The molecule has 1 amide bonds. The lowest BCUT2D eigenvalue weighted by Gasteiger charge is -2.31. The van der Waals surface area contributed by atoms with Gasteiger partial charge in [0.05, 0.1) is 15.9 Å². The van der Waals surface area contributed by atoms with Crippen molar-refractivity contribution in [1.29, 1.82) is 0 Å². The van der Waals surface area contributed by atoms with Gasteiger partial charge in [-0.05, 0) is 61.6 Å². The molecule has 6 heteroatoms. The average Bonchev–Trinajstić information content (AvgIpc) is 2.68. The molecule has 0 aromatic carbocycles. The zero-order chi connectivity index (χ0) is 14.7. The van der Waals surface area contributed by atoms with Crippen molar-refractivity contribution < 1.29 is 4.79 Å². The van der Waals surface area contributed by atoms with Crippen LogP contribution in [-0.4, -0.2) is 33.7 Å². The Bertz CT molecular complexity index is 478. The SMILES string of the molecule is CCn1nc(C)c(Br)c1CN1CCC(CC(N)=O)CC1. The molecule has 2 heterocycles. The summed E-state index contributed by atoms with van der Waals surface area (Å²) in [5.74, 6) is 0.288. The fraction of sp³-hybridized carbons (Fsp3) is 0.714. The highest BCUT2D eigenvalue weighted by molar-refractivity contribution is 9.10. The number of rotatable bonds is 5. The van der Waals surface area contributed by atoms with Gasteiger partial charge in [0, 0.05) is 19.5 Å². The van der Waals surface area contributed by atoms with Crippen LogP contribution in [0.3, 0.4) is 0 Å². The van der Waals surface area contributed by atoms with Crippen LogP contribution in [-0.2, 0) is 17.9 Å². The van der Waals surface area contributed by atoms with Crippen molar-refractivity contribution in [2.45, 2.75) is 46.2 Å². The van der Waals surface area contributed by atoms with Crippen LogP contribution in [0, 0.1) is 12.8 Å². The van der Waals surface area contributed by atoms with Crippen molar-refractivity contribution in [3.63, 3.8) is 0 Å². The van der Waals surface area contributed by atoms with E-state index in [0.717, 1.165) is 49.2 Å². The van der Waals surface area contributed by atoms with E-state index in [-0.39, 0.29) is 5.91 Å². The number of hydrogen-bond acceptors (Lipinski definition) is 3. The van der Waals surface area contributed by atoms with E-state index in [9.17, 15) is 4.79 Å². The number of nitrogens with zero attached hydrogens (tertiary/aromatic N) is 3. The Labute approximate surface area is 128 Å². The van der Waals surface area contributed by atoms with E-state index in [1.54, 1.807) is 0 Å². The molecule has 0 aliphatic carbocycles. The van der Waals surface area contributed by atoms with Gasteiger partial charge in [0.25, 0.3) is 0 Å². The molecule has 0 unspecified atom stereocenters. The third kappa shape index (κ3) is 3.61. The molecular weight excluding hydrogens is 320 g/mol. The number of carbonyl (C=O) groups excluding carboxylic acids is 1. The molecule has 20 heavy (non-hydrogen) atoms. The second-order valence-electron chi connectivity index (χ2n) is 5.55. The number of aryl methyl sites for hydroxylation is 2. The van der Waals surface area contributed by atoms with Gasteiger partial charge in [-0.15, -0.1) is 0 Å². The third-order valence-corrected chi connectivity index (χ3v) is 5.05. The second-order valence-corrected chi connectivity index (χ2v) is 6.34. The number of carbonyl (C=O) groups is 1. The van der Waals surface area contributed by atoms with Crippen LogP contribution in [0.25, 0.3) is 0 Å². The van der Waals surface area contributed by atoms with E-state index in [2.05, 4.69) is 37.5 Å². The summed E-state index contributed by atoms with van der Waals surface area (Å²) in [6.45, 7) is 8.00. The van der Waals surface area contributed by atoms with E-state index in [1.807, 2.05) is 6.92 Å². The molecule has 0 radical (unpaired) electrons. The number of piperidine rings is 1. The van der Waals surface area contributed by atoms with Crippen LogP contribution in [0.5, 0.6) is 0 Å². The van der Waals surface area contributed by atoms with Gasteiger partial charge >= 0.3 is 0 Å². The maximum atomic E-state index is 11.0. The number of likely N-dealkylation sites (tertiary alicyclic amines) is 1. The van der Waals surface area contributed by atoms with Crippen molar-refractivity contribution in [2.24, 2.45) is 11.7 Å². The Morgan fingerprint density at radius 2 is 2.10 bits per heavy atom. The summed E-state index contributed by atoms with van der Waals surface area (Å²) in [4.78, 5) is 13.4. The van der Waals surface area contributed by atoms with Crippen molar-refractivity contribution in [1.82, 2.24) is 14.7 Å². The number of aromatic nitrogens is 2. The highest BCUT2D eigenvalue weighted by Gasteiger charge is 2.22. The molecule has 5 nitrogen and oxygen atoms in total. The summed E-state index contributed by atoms with van der Waals surface area (Å²) < 4.78 is 3.19. The van der Waals surface area contributed by atoms with E-state index in [0.29, 0.717) is 12.3 Å². The van der Waals surface area contributed by atoms with E-state index < -0.39 is 0 Å². The van der Waals surface area contributed by atoms with Gasteiger partial charge in [-0.2, -0.15) is 5.10 Å². The first-order valence-electron chi connectivity index (χ1n) is 7.23. The van der Waals surface area contributed by atoms with Gasteiger partial charge < -0.3 is 5.73 Å². The minimum Gasteiger partial charge on any atom is -0.370 e. The highest BCUT2D eigenvalue weighted by Crippen LogP contribution is 2.26. The van der Waals surface area contributed by atoms with Gasteiger partial charge in [0.15, 0.2) is 0 Å². The maximum Gasteiger partial charge on any atom is 0.217 e. The molecule has 2 N–H and O–H groups in total. The number of halogens is 1. The monoisotopic (exact) mass is 342 g/mol. The van der Waals surface area contributed by atoms with Crippen LogP contribution in [0.2, 0.25) is 0 Å². The molecule has 0 saturated carbocycles. The summed E-state index contributed by atoms with van der Waals surface area (Å²) in [7, 11) is 0. The zero-order valence-electron chi connectivity index (χ0n) is 12.2. The Balaban J connectivity index is 1.94. The van der Waals surface area contributed by atoms with Gasteiger partial charge in [-0.1, -0.05) is 0 Å². The second kappa shape index (κ2) is 6.72. The predicted molar refractivity (Wildman–Crippen MR) is 82.2 cm³/mol. The summed E-state index contributed by atoms with van der Waals surface area (Å²) in [5.41, 5.74) is 7.57. The van der Waals surface area contributed by atoms with Gasteiger partial charge in [-0.25, -0.2) is 0 Å². The molecule has 1 aliphatic rings. The quantitative estimate of drug-likeness (QED) is 0.890. The fourth-order valence-electron chi connectivity index (χ4n) is 2.87. The number of amides is 1. The van der Waals surface area contributed by atoms with Crippen molar-refractivity contribution >= 4 is 21.8 Å². The maximum absolute atomic E-state index is 11.0. The van der Waals surface area contributed by atoms with Crippen molar-refractivity contribution in [3.05, 3.63) is 15.9 Å². The first-order chi connectivity index (χ1) is 9.51. The van der Waals surface area contributed by atoms with Crippen LogP contribution in [0.15, 0.2) is 4.47 Å². The number of nitrogens with two attached hydrogens (primary N) is 1. The first kappa shape index (κ1) is 15.5. The first-order valence-corrected chi connectivity index (χ1v) is 8.03. The minimum absolute atomic E-state index is 0.175. The number of primary amides is 1. The molecular formula is C14H23BrN4O. The molecule has 2 rings (SSSR count). The summed E-state index contributed by atoms with van der Waals surface area (Å²) in [6.07, 6.45) is 2.64. The zero-order valence-corrected chi connectivity index (χ0v) is 13.8. The van der Waals surface area contributed by atoms with Crippen LogP contribution in [0.4, 0.5) is 0 Å². The van der Waals surface area contributed by atoms with Gasteiger partial charge in [0.1, 0.15) is 0 Å². The van der Waals surface area contributed by atoms with Crippen LogP contribution >= 0.6 is 15.9 Å². The molecule has 1 aromatic heterocycles. The highest BCUT2D eigenvalue weighted by atomic mass is 79.9. The number of hydrogen-bond donors (Lipinski definition) is 1. The lowest BCUT2D eigenvalue weighted by atomic mass is 9.93. The summed E-state index contributed by atoms with van der Waals surface area (Å²) >= 11 is 3.64. The van der Waals surface area contributed by atoms with Gasteiger partial charge in [-0.3, -0.25) is 14.4 Å². The molecule has 1 fully saturated rings. The van der Waals surface area contributed by atoms with E-state index in [4.69, 9.17) is 5.73 Å². The third-order valence-electron chi connectivity index (χ3n) is 4.02.